The third-order valence-electron chi connectivity index (χ3n) is 1.68. The molecule has 1 aromatic heterocycles. The predicted octanol–water partition coefficient (Wildman–Crippen LogP) is -0.476. The van der Waals surface area contributed by atoms with Crippen LogP contribution in [0.1, 0.15) is 16.8 Å². The molecule has 0 saturated heterocycles. The Morgan fingerprint density at radius 1 is 1.60 bits per heavy atom. The number of aliphatic hydroxyl groups excluding tert-OH is 1. The fourth-order valence-electron chi connectivity index (χ4n) is 0.993. The van der Waals surface area contributed by atoms with E-state index < -0.39 is 5.91 Å². The van der Waals surface area contributed by atoms with Crippen LogP contribution in [-0.4, -0.2) is 29.2 Å². The summed E-state index contributed by atoms with van der Waals surface area (Å²) in [5.74, 6) is -0.501. The summed E-state index contributed by atoms with van der Waals surface area (Å²) in [4.78, 5) is 14.8. The first-order valence-electron chi connectivity index (χ1n) is 4.44. The Bertz CT molecular complexity index is 354. The maximum atomic E-state index is 11.0. The summed E-state index contributed by atoms with van der Waals surface area (Å²) in [7, 11) is 0. The maximum Gasteiger partial charge on any atom is 0.254 e. The molecule has 1 aromatic rings. The van der Waals surface area contributed by atoms with E-state index in [-0.39, 0.29) is 24.7 Å². The summed E-state index contributed by atoms with van der Waals surface area (Å²) in [6.07, 6.45) is 1.84. The molecule has 1 heterocycles. The van der Waals surface area contributed by atoms with E-state index in [2.05, 4.69) is 4.98 Å². The van der Waals surface area contributed by atoms with Gasteiger partial charge < -0.3 is 21.3 Å². The number of hydrogen-bond acceptors (Lipinski definition) is 5. The fourth-order valence-corrected chi connectivity index (χ4v) is 0.993. The number of aliphatic hydroxyl groups is 1. The minimum absolute atomic E-state index is 0.0148. The van der Waals surface area contributed by atoms with Crippen molar-refractivity contribution in [3.05, 3.63) is 17.8 Å². The van der Waals surface area contributed by atoms with Crippen LogP contribution in [0.2, 0.25) is 0 Å². The molecule has 0 fully saturated rings. The molecule has 0 bridgehead atoms. The molecule has 0 aromatic carbocycles. The highest BCUT2D eigenvalue weighted by Gasteiger charge is 2.11. The zero-order chi connectivity index (χ0) is 11.3. The van der Waals surface area contributed by atoms with E-state index in [0.717, 1.165) is 0 Å². The summed E-state index contributed by atoms with van der Waals surface area (Å²) >= 11 is 0. The van der Waals surface area contributed by atoms with Gasteiger partial charge in [-0.2, -0.15) is 0 Å². The molecule has 0 aliphatic rings. The van der Waals surface area contributed by atoms with E-state index >= 15 is 0 Å². The first-order chi connectivity index (χ1) is 7.15. The number of carbonyl (C=O) groups is 1. The number of rotatable bonds is 5. The molecule has 0 atom stereocenters. The monoisotopic (exact) mass is 211 g/mol. The van der Waals surface area contributed by atoms with Gasteiger partial charge in [0, 0.05) is 13.0 Å². The van der Waals surface area contributed by atoms with Gasteiger partial charge in [0.05, 0.1) is 18.5 Å². The van der Waals surface area contributed by atoms with Crippen molar-refractivity contribution in [2.24, 2.45) is 5.73 Å². The van der Waals surface area contributed by atoms with Gasteiger partial charge in [0.2, 0.25) is 5.88 Å². The number of amides is 1. The summed E-state index contributed by atoms with van der Waals surface area (Å²) in [6, 6.07) is 1.41. The molecule has 0 radical (unpaired) electrons. The molecule has 6 heteroatoms. The number of anilines is 1. The van der Waals surface area contributed by atoms with Crippen LogP contribution in [0.25, 0.3) is 0 Å². The lowest BCUT2D eigenvalue weighted by atomic mass is 10.2. The number of nitrogen functional groups attached to an aromatic ring is 1. The lowest BCUT2D eigenvalue weighted by Crippen LogP contribution is -2.15. The van der Waals surface area contributed by atoms with E-state index in [1.54, 1.807) is 0 Å². The SMILES string of the molecule is NC(=O)c1cc(N)cnc1OCCCO. The van der Waals surface area contributed by atoms with Crippen molar-refractivity contribution >= 4 is 11.6 Å². The van der Waals surface area contributed by atoms with Gasteiger partial charge in [0.15, 0.2) is 0 Å². The van der Waals surface area contributed by atoms with E-state index in [1.165, 1.54) is 12.3 Å². The average molecular weight is 211 g/mol. The first kappa shape index (κ1) is 11.3. The molecular formula is C9H13N3O3. The standard InChI is InChI=1S/C9H13N3O3/c10-6-4-7(8(11)14)9(12-5-6)15-3-1-2-13/h4-5,13H,1-3,10H2,(H2,11,14). The highest BCUT2D eigenvalue weighted by molar-refractivity contribution is 5.95. The molecule has 82 valence electrons. The Morgan fingerprint density at radius 3 is 2.93 bits per heavy atom. The largest absolute Gasteiger partial charge is 0.477 e. The number of primary amides is 1. The second-order valence-corrected chi connectivity index (χ2v) is 2.91. The van der Waals surface area contributed by atoms with Crippen LogP contribution >= 0.6 is 0 Å². The smallest absolute Gasteiger partial charge is 0.254 e. The van der Waals surface area contributed by atoms with Gasteiger partial charge in [0.1, 0.15) is 5.56 Å². The number of ether oxygens (including phenoxy) is 1. The third kappa shape index (κ3) is 3.10. The van der Waals surface area contributed by atoms with Crippen LogP contribution in [-0.2, 0) is 0 Å². The van der Waals surface area contributed by atoms with Crippen molar-refractivity contribution in [2.75, 3.05) is 18.9 Å². The summed E-state index contributed by atoms with van der Waals surface area (Å²) < 4.78 is 5.17. The minimum atomic E-state index is -0.645. The average Bonchev–Trinajstić information content (AvgIpc) is 2.20. The van der Waals surface area contributed by atoms with Crippen LogP contribution in [0.5, 0.6) is 5.88 Å². The van der Waals surface area contributed by atoms with Gasteiger partial charge in [0.25, 0.3) is 5.91 Å². The zero-order valence-electron chi connectivity index (χ0n) is 8.14. The molecule has 0 unspecified atom stereocenters. The first-order valence-corrected chi connectivity index (χ1v) is 4.44. The molecule has 0 aliphatic carbocycles. The van der Waals surface area contributed by atoms with E-state index in [4.69, 9.17) is 21.3 Å². The summed E-state index contributed by atoms with van der Waals surface area (Å²) in [5, 5.41) is 8.55. The van der Waals surface area contributed by atoms with Crippen molar-refractivity contribution in [1.29, 1.82) is 0 Å². The number of nitrogens with zero attached hydrogens (tertiary/aromatic N) is 1. The predicted molar refractivity (Wildman–Crippen MR) is 54.4 cm³/mol. The Hall–Kier alpha value is -1.82. The molecular weight excluding hydrogens is 198 g/mol. The molecule has 5 N–H and O–H groups in total. The number of hydrogen-bond donors (Lipinski definition) is 3. The Morgan fingerprint density at radius 2 is 2.33 bits per heavy atom. The quantitative estimate of drug-likeness (QED) is 0.570. The fraction of sp³-hybridized carbons (Fsp3) is 0.333. The lowest BCUT2D eigenvalue weighted by molar-refractivity contribution is 0.0995. The Kier molecular flexibility index (Phi) is 3.87. The molecule has 15 heavy (non-hydrogen) atoms. The molecule has 0 saturated carbocycles. The van der Waals surface area contributed by atoms with Crippen molar-refractivity contribution in [2.45, 2.75) is 6.42 Å². The number of aromatic nitrogens is 1. The number of pyridine rings is 1. The van der Waals surface area contributed by atoms with Gasteiger partial charge in [-0.05, 0) is 6.07 Å². The van der Waals surface area contributed by atoms with Crippen LogP contribution in [0.4, 0.5) is 5.69 Å². The minimum Gasteiger partial charge on any atom is -0.477 e. The second kappa shape index (κ2) is 5.16. The van der Waals surface area contributed by atoms with Crippen molar-refractivity contribution in [1.82, 2.24) is 4.98 Å². The van der Waals surface area contributed by atoms with Crippen LogP contribution in [0.15, 0.2) is 12.3 Å². The van der Waals surface area contributed by atoms with Crippen molar-refractivity contribution in [3.63, 3.8) is 0 Å². The molecule has 6 nitrogen and oxygen atoms in total. The van der Waals surface area contributed by atoms with Crippen molar-refractivity contribution < 1.29 is 14.6 Å². The van der Waals surface area contributed by atoms with Crippen LogP contribution < -0.4 is 16.2 Å². The topological polar surface area (TPSA) is 111 Å². The molecule has 0 aliphatic heterocycles. The van der Waals surface area contributed by atoms with Gasteiger partial charge >= 0.3 is 0 Å². The second-order valence-electron chi connectivity index (χ2n) is 2.91. The summed E-state index contributed by atoms with van der Waals surface area (Å²) in [5.41, 5.74) is 11.1. The van der Waals surface area contributed by atoms with Crippen LogP contribution in [0.3, 0.4) is 0 Å². The van der Waals surface area contributed by atoms with Gasteiger partial charge in [-0.25, -0.2) is 4.98 Å². The molecule has 1 rings (SSSR count). The Labute approximate surface area is 86.9 Å². The molecule has 0 spiro atoms. The third-order valence-corrected chi connectivity index (χ3v) is 1.68. The van der Waals surface area contributed by atoms with Gasteiger partial charge in [-0.3, -0.25) is 4.79 Å². The van der Waals surface area contributed by atoms with E-state index in [1.807, 2.05) is 0 Å². The zero-order valence-corrected chi connectivity index (χ0v) is 8.14. The highest BCUT2D eigenvalue weighted by atomic mass is 16.5. The summed E-state index contributed by atoms with van der Waals surface area (Å²) in [6.45, 7) is 0.286. The molecule has 1 amide bonds. The Balaban J connectivity index is 2.81. The normalized spacial score (nSPS) is 9.93. The van der Waals surface area contributed by atoms with E-state index in [0.29, 0.717) is 12.1 Å². The maximum absolute atomic E-state index is 11.0. The van der Waals surface area contributed by atoms with Crippen LogP contribution in [0, 0.1) is 0 Å². The van der Waals surface area contributed by atoms with Crippen molar-refractivity contribution in [3.8, 4) is 5.88 Å². The number of nitrogens with two attached hydrogens (primary N) is 2. The highest BCUT2D eigenvalue weighted by Crippen LogP contribution is 2.17. The van der Waals surface area contributed by atoms with Gasteiger partial charge in [-0.1, -0.05) is 0 Å². The number of carbonyl (C=O) groups excluding carboxylic acids is 1. The van der Waals surface area contributed by atoms with Gasteiger partial charge in [-0.15, -0.1) is 0 Å². The van der Waals surface area contributed by atoms with E-state index in [9.17, 15) is 4.79 Å². The lowest BCUT2D eigenvalue weighted by Gasteiger charge is -2.07.